The van der Waals surface area contributed by atoms with E-state index in [-0.39, 0.29) is 5.91 Å². The summed E-state index contributed by atoms with van der Waals surface area (Å²) >= 11 is 1.50. The van der Waals surface area contributed by atoms with Crippen LogP contribution in [-0.4, -0.2) is 27.1 Å². The van der Waals surface area contributed by atoms with Crippen molar-refractivity contribution in [2.24, 2.45) is 0 Å². The Morgan fingerprint density at radius 3 is 2.72 bits per heavy atom. The number of ether oxygens (including phenoxy) is 1. The van der Waals surface area contributed by atoms with E-state index in [1.54, 1.807) is 4.52 Å². The van der Waals surface area contributed by atoms with Gasteiger partial charge in [0.05, 0.1) is 12.3 Å². The number of aryl methyl sites for hydroxylation is 1. The van der Waals surface area contributed by atoms with Gasteiger partial charge in [0.1, 0.15) is 5.75 Å². The molecule has 0 bridgehead atoms. The number of benzene rings is 3. The van der Waals surface area contributed by atoms with Crippen LogP contribution in [0.1, 0.15) is 18.4 Å². The van der Waals surface area contributed by atoms with Crippen molar-refractivity contribution in [1.29, 1.82) is 0 Å². The summed E-state index contributed by atoms with van der Waals surface area (Å²) in [4.78, 5) is 17.5. The molecule has 6 nitrogen and oxygen atoms in total. The van der Waals surface area contributed by atoms with Crippen molar-refractivity contribution in [3.05, 3.63) is 77.7 Å². The van der Waals surface area contributed by atoms with E-state index in [4.69, 9.17) is 4.74 Å². The number of anilines is 1. The van der Waals surface area contributed by atoms with E-state index in [0.717, 1.165) is 27.4 Å². The van der Waals surface area contributed by atoms with Gasteiger partial charge in [-0.3, -0.25) is 10.1 Å². The minimum absolute atomic E-state index is 0.123. The summed E-state index contributed by atoms with van der Waals surface area (Å²) in [6, 6.07) is 22.4. The second-order valence-electron chi connectivity index (χ2n) is 7.63. The minimum Gasteiger partial charge on any atom is -0.494 e. The zero-order chi connectivity index (χ0) is 21.9. The molecule has 160 valence electrons. The van der Waals surface area contributed by atoms with Crippen LogP contribution in [0.4, 0.5) is 5.95 Å². The SMILES string of the molecule is Cc1ccc(-c2csc3nc(NC(=O)CCCOc4ccc5ccccc5c4)nn23)cc1. The molecule has 1 N–H and O–H groups in total. The second-order valence-corrected chi connectivity index (χ2v) is 8.46. The Labute approximate surface area is 189 Å². The quantitative estimate of drug-likeness (QED) is 0.328. The van der Waals surface area contributed by atoms with Crippen molar-refractivity contribution in [2.75, 3.05) is 11.9 Å². The van der Waals surface area contributed by atoms with E-state index in [1.165, 1.54) is 22.3 Å². The highest BCUT2D eigenvalue weighted by molar-refractivity contribution is 7.15. The fraction of sp³-hybridized carbons (Fsp3) is 0.160. The van der Waals surface area contributed by atoms with Crippen LogP contribution < -0.4 is 10.1 Å². The van der Waals surface area contributed by atoms with Gasteiger partial charge in [-0.1, -0.05) is 60.2 Å². The van der Waals surface area contributed by atoms with Gasteiger partial charge in [-0.2, -0.15) is 4.98 Å². The van der Waals surface area contributed by atoms with Gasteiger partial charge in [0, 0.05) is 17.4 Å². The monoisotopic (exact) mass is 442 g/mol. The van der Waals surface area contributed by atoms with Gasteiger partial charge in [-0.05, 0) is 36.2 Å². The molecule has 0 unspecified atom stereocenters. The van der Waals surface area contributed by atoms with Crippen molar-refractivity contribution in [1.82, 2.24) is 14.6 Å². The molecular weight excluding hydrogens is 420 g/mol. The summed E-state index contributed by atoms with van der Waals surface area (Å²) in [5.74, 6) is 1.01. The molecular formula is C25H22N4O2S. The van der Waals surface area contributed by atoms with Gasteiger partial charge in [0.2, 0.25) is 16.8 Å². The summed E-state index contributed by atoms with van der Waals surface area (Å²) in [7, 11) is 0. The number of hydrogen-bond acceptors (Lipinski definition) is 5. The van der Waals surface area contributed by atoms with Crippen LogP contribution >= 0.6 is 11.3 Å². The van der Waals surface area contributed by atoms with Crippen LogP contribution in [0.15, 0.2) is 72.1 Å². The Kier molecular flexibility index (Phi) is 5.56. The number of nitrogens with one attached hydrogen (secondary N) is 1. The van der Waals surface area contributed by atoms with Crippen LogP contribution in [0.5, 0.6) is 5.75 Å². The highest BCUT2D eigenvalue weighted by Crippen LogP contribution is 2.26. The van der Waals surface area contributed by atoms with Gasteiger partial charge in [0.25, 0.3) is 0 Å². The van der Waals surface area contributed by atoms with Crippen molar-refractivity contribution < 1.29 is 9.53 Å². The van der Waals surface area contributed by atoms with Crippen molar-refractivity contribution in [2.45, 2.75) is 19.8 Å². The molecule has 0 aliphatic carbocycles. The Hall–Kier alpha value is -3.71. The maximum Gasteiger partial charge on any atom is 0.250 e. The topological polar surface area (TPSA) is 68.5 Å². The van der Waals surface area contributed by atoms with Gasteiger partial charge in [-0.25, -0.2) is 4.52 Å². The number of thiazole rings is 1. The largest absolute Gasteiger partial charge is 0.494 e. The summed E-state index contributed by atoms with van der Waals surface area (Å²) in [6.07, 6.45) is 0.945. The van der Waals surface area contributed by atoms with E-state index in [1.807, 2.05) is 35.7 Å². The summed E-state index contributed by atoms with van der Waals surface area (Å²) in [5.41, 5.74) is 3.23. The summed E-state index contributed by atoms with van der Waals surface area (Å²) in [5, 5.41) is 11.6. The molecule has 5 aromatic rings. The van der Waals surface area contributed by atoms with Crippen molar-refractivity contribution >= 4 is 38.9 Å². The number of rotatable bonds is 7. The molecule has 32 heavy (non-hydrogen) atoms. The fourth-order valence-electron chi connectivity index (χ4n) is 3.52. The lowest BCUT2D eigenvalue weighted by atomic mass is 10.1. The first-order chi connectivity index (χ1) is 15.7. The fourth-order valence-corrected chi connectivity index (χ4v) is 4.36. The summed E-state index contributed by atoms with van der Waals surface area (Å²) in [6.45, 7) is 2.53. The average molecular weight is 443 g/mol. The third-order valence-electron chi connectivity index (χ3n) is 5.22. The molecule has 1 amide bonds. The lowest BCUT2D eigenvalue weighted by Crippen LogP contribution is -2.14. The Bertz CT molecular complexity index is 1390. The molecule has 0 aliphatic heterocycles. The van der Waals surface area contributed by atoms with E-state index in [9.17, 15) is 4.79 Å². The third-order valence-corrected chi connectivity index (χ3v) is 6.03. The predicted octanol–water partition coefficient (Wildman–Crippen LogP) is 5.72. The van der Waals surface area contributed by atoms with Crippen LogP contribution in [0.3, 0.4) is 0 Å². The van der Waals surface area contributed by atoms with Crippen LogP contribution in [0, 0.1) is 6.92 Å². The van der Waals surface area contributed by atoms with Gasteiger partial charge < -0.3 is 4.74 Å². The van der Waals surface area contributed by atoms with E-state index in [0.29, 0.717) is 25.4 Å². The normalized spacial score (nSPS) is 11.2. The zero-order valence-electron chi connectivity index (χ0n) is 17.6. The minimum atomic E-state index is -0.123. The molecule has 2 aromatic heterocycles. The Morgan fingerprint density at radius 2 is 1.88 bits per heavy atom. The number of fused-ring (bicyclic) bond motifs is 2. The van der Waals surface area contributed by atoms with E-state index >= 15 is 0 Å². The molecule has 0 saturated heterocycles. The standard InChI is InChI=1S/C25H22N4O2S/c1-17-8-10-19(11-9-17)22-16-32-25-27-24(28-29(22)25)26-23(30)7-4-14-31-21-13-12-18-5-2-3-6-20(18)15-21/h2-3,5-6,8-13,15-16H,4,7,14H2,1H3,(H,26,28,30). The molecule has 7 heteroatoms. The number of carbonyl (C=O) groups excluding carboxylic acids is 1. The molecule has 3 aromatic carbocycles. The van der Waals surface area contributed by atoms with Gasteiger partial charge in [-0.15, -0.1) is 16.4 Å². The molecule has 0 atom stereocenters. The number of nitrogens with zero attached hydrogens (tertiary/aromatic N) is 3. The lowest BCUT2D eigenvalue weighted by Gasteiger charge is -2.07. The zero-order valence-corrected chi connectivity index (χ0v) is 18.4. The molecule has 5 rings (SSSR count). The van der Waals surface area contributed by atoms with Crippen LogP contribution in [-0.2, 0) is 4.79 Å². The smallest absolute Gasteiger partial charge is 0.250 e. The average Bonchev–Trinajstić information content (AvgIpc) is 3.37. The number of aromatic nitrogens is 3. The van der Waals surface area contributed by atoms with Crippen LogP contribution in [0.25, 0.3) is 27.0 Å². The Morgan fingerprint density at radius 1 is 1.06 bits per heavy atom. The molecule has 0 spiro atoms. The first-order valence-electron chi connectivity index (χ1n) is 10.5. The third kappa shape index (κ3) is 4.33. The van der Waals surface area contributed by atoms with Crippen molar-refractivity contribution in [3.63, 3.8) is 0 Å². The maximum atomic E-state index is 12.3. The first kappa shape index (κ1) is 20.2. The van der Waals surface area contributed by atoms with E-state index in [2.05, 4.69) is 58.7 Å². The van der Waals surface area contributed by atoms with Gasteiger partial charge in [0.15, 0.2) is 0 Å². The van der Waals surface area contributed by atoms with Gasteiger partial charge >= 0.3 is 0 Å². The summed E-state index contributed by atoms with van der Waals surface area (Å²) < 4.78 is 7.58. The highest BCUT2D eigenvalue weighted by atomic mass is 32.1. The molecule has 0 saturated carbocycles. The number of carbonyl (C=O) groups is 1. The highest BCUT2D eigenvalue weighted by Gasteiger charge is 2.13. The first-order valence-corrected chi connectivity index (χ1v) is 11.4. The maximum absolute atomic E-state index is 12.3. The lowest BCUT2D eigenvalue weighted by molar-refractivity contribution is -0.116. The number of hydrogen-bond donors (Lipinski definition) is 1. The molecule has 0 aliphatic rings. The number of amides is 1. The molecule has 2 heterocycles. The predicted molar refractivity (Wildman–Crippen MR) is 128 cm³/mol. The molecule has 0 radical (unpaired) electrons. The van der Waals surface area contributed by atoms with E-state index < -0.39 is 0 Å². The Balaban J connectivity index is 1.16. The second kappa shape index (κ2) is 8.80. The van der Waals surface area contributed by atoms with Crippen LogP contribution in [0.2, 0.25) is 0 Å². The van der Waals surface area contributed by atoms with Crippen molar-refractivity contribution in [3.8, 4) is 17.0 Å². The molecule has 0 fully saturated rings.